The number of amides is 1. The van der Waals surface area contributed by atoms with Gasteiger partial charge in [0, 0.05) is 43.0 Å². The Balaban J connectivity index is 1.49. The molecule has 0 unspecified atom stereocenters. The van der Waals surface area contributed by atoms with Crippen molar-refractivity contribution >= 4 is 11.7 Å². The number of aromatic nitrogens is 2. The third-order valence-electron chi connectivity index (χ3n) is 6.01. The van der Waals surface area contributed by atoms with Crippen LogP contribution in [0.3, 0.4) is 0 Å². The number of hydrogen-bond donors (Lipinski definition) is 0. The number of hydrogen-bond acceptors (Lipinski definition) is 5. The highest BCUT2D eigenvalue weighted by molar-refractivity contribution is 5.78. The van der Waals surface area contributed by atoms with Crippen molar-refractivity contribution in [2.24, 2.45) is 0 Å². The summed E-state index contributed by atoms with van der Waals surface area (Å²) in [6, 6.07) is 17.8. The van der Waals surface area contributed by atoms with Crippen molar-refractivity contribution in [2.45, 2.75) is 33.6 Å². The van der Waals surface area contributed by atoms with Crippen molar-refractivity contribution in [3.8, 4) is 17.1 Å². The molecule has 0 N–H and O–H groups in total. The predicted octanol–water partition coefficient (Wildman–Crippen LogP) is 4.61. The highest BCUT2D eigenvalue weighted by Gasteiger charge is 2.26. The van der Waals surface area contributed by atoms with Crippen molar-refractivity contribution in [1.82, 2.24) is 14.9 Å². The van der Waals surface area contributed by atoms with Gasteiger partial charge in [-0.3, -0.25) is 4.79 Å². The maximum atomic E-state index is 12.7. The van der Waals surface area contributed by atoms with E-state index in [2.05, 4.69) is 50.8 Å². The zero-order chi connectivity index (χ0) is 23.4. The molecule has 172 valence electrons. The lowest BCUT2D eigenvalue weighted by Gasteiger charge is -2.37. The van der Waals surface area contributed by atoms with Gasteiger partial charge in [0.15, 0.2) is 12.4 Å². The molecule has 1 aromatic heterocycles. The van der Waals surface area contributed by atoms with E-state index in [-0.39, 0.29) is 12.5 Å². The Kier molecular flexibility index (Phi) is 6.92. The Hall–Kier alpha value is -3.41. The van der Waals surface area contributed by atoms with Crippen LogP contribution in [0.1, 0.15) is 36.6 Å². The minimum Gasteiger partial charge on any atom is -0.484 e. The van der Waals surface area contributed by atoms with Crippen molar-refractivity contribution in [1.29, 1.82) is 0 Å². The van der Waals surface area contributed by atoms with Gasteiger partial charge < -0.3 is 14.5 Å². The topological polar surface area (TPSA) is 58.6 Å². The van der Waals surface area contributed by atoms with Crippen LogP contribution in [-0.4, -0.2) is 53.6 Å². The largest absolute Gasteiger partial charge is 0.484 e. The molecule has 6 heteroatoms. The first-order valence-corrected chi connectivity index (χ1v) is 11.6. The number of ether oxygens (including phenoxy) is 1. The molecule has 0 saturated carbocycles. The number of para-hydroxylation sites is 1. The highest BCUT2D eigenvalue weighted by Crippen LogP contribution is 2.31. The van der Waals surface area contributed by atoms with E-state index in [1.807, 2.05) is 41.3 Å². The van der Waals surface area contributed by atoms with Crippen molar-refractivity contribution in [2.75, 3.05) is 37.7 Å². The van der Waals surface area contributed by atoms with Gasteiger partial charge in [0.2, 0.25) is 0 Å². The van der Waals surface area contributed by atoms with Crippen LogP contribution < -0.4 is 9.64 Å². The summed E-state index contributed by atoms with van der Waals surface area (Å²) in [6.07, 6.45) is 0. The standard InChI is InChI=1S/C27H32N4O2/c1-19(2)25-21(4)28-26(22-10-8-9-20(3)17-22)29-27(25)31-15-13-30(14-16-31)24(32)18-33-23-11-6-5-7-12-23/h5-12,17,19H,13-16,18H2,1-4H3. The summed E-state index contributed by atoms with van der Waals surface area (Å²) in [5.74, 6) is 2.78. The lowest BCUT2D eigenvalue weighted by Crippen LogP contribution is -2.50. The van der Waals surface area contributed by atoms with E-state index in [0.717, 1.165) is 36.0 Å². The Morgan fingerprint density at radius 3 is 2.36 bits per heavy atom. The molecule has 0 radical (unpaired) electrons. The summed E-state index contributed by atoms with van der Waals surface area (Å²) < 4.78 is 5.65. The maximum absolute atomic E-state index is 12.7. The van der Waals surface area contributed by atoms with Crippen LogP contribution in [0.5, 0.6) is 5.75 Å². The fourth-order valence-electron chi connectivity index (χ4n) is 4.32. The molecule has 1 aliphatic rings. The molecule has 2 heterocycles. The normalized spacial score (nSPS) is 14.0. The van der Waals surface area contributed by atoms with Crippen LogP contribution in [0.25, 0.3) is 11.4 Å². The van der Waals surface area contributed by atoms with Crippen LogP contribution >= 0.6 is 0 Å². The molecular formula is C27H32N4O2. The van der Waals surface area contributed by atoms with E-state index < -0.39 is 0 Å². The molecule has 0 spiro atoms. The minimum atomic E-state index is 0.0157. The van der Waals surface area contributed by atoms with Gasteiger partial charge in [0.1, 0.15) is 11.6 Å². The Morgan fingerprint density at radius 1 is 0.970 bits per heavy atom. The fraction of sp³-hybridized carbons (Fsp3) is 0.370. The number of aryl methyl sites for hydroxylation is 2. The predicted molar refractivity (Wildman–Crippen MR) is 132 cm³/mol. The first-order chi connectivity index (χ1) is 15.9. The summed E-state index contributed by atoms with van der Waals surface area (Å²) in [6.45, 7) is 11.4. The maximum Gasteiger partial charge on any atom is 0.260 e. The molecule has 2 aromatic carbocycles. The van der Waals surface area contributed by atoms with Gasteiger partial charge in [0.05, 0.1) is 0 Å². The SMILES string of the molecule is Cc1cccc(-c2nc(C)c(C(C)C)c(N3CCN(C(=O)COc4ccccc4)CC3)n2)c1. The molecule has 4 rings (SSSR count). The Morgan fingerprint density at radius 2 is 1.70 bits per heavy atom. The highest BCUT2D eigenvalue weighted by atomic mass is 16.5. The average Bonchev–Trinajstić information content (AvgIpc) is 2.82. The molecular weight excluding hydrogens is 412 g/mol. The number of benzene rings is 2. The molecule has 1 amide bonds. The summed E-state index contributed by atoms with van der Waals surface area (Å²) in [7, 11) is 0. The van der Waals surface area contributed by atoms with Crippen molar-refractivity contribution in [3.05, 3.63) is 71.4 Å². The third-order valence-corrected chi connectivity index (χ3v) is 6.01. The second-order valence-electron chi connectivity index (χ2n) is 8.86. The monoisotopic (exact) mass is 444 g/mol. The lowest BCUT2D eigenvalue weighted by atomic mass is 10.0. The average molecular weight is 445 g/mol. The first kappa shape index (κ1) is 22.8. The smallest absolute Gasteiger partial charge is 0.260 e. The van der Waals surface area contributed by atoms with Gasteiger partial charge in [-0.15, -0.1) is 0 Å². The molecule has 1 aliphatic heterocycles. The van der Waals surface area contributed by atoms with Crippen LogP contribution in [0, 0.1) is 13.8 Å². The van der Waals surface area contributed by atoms with Crippen molar-refractivity contribution < 1.29 is 9.53 Å². The number of piperazine rings is 1. The molecule has 0 bridgehead atoms. The van der Waals surface area contributed by atoms with Crippen LogP contribution in [-0.2, 0) is 4.79 Å². The Bertz CT molecular complexity index is 1110. The quantitative estimate of drug-likeness (QED) is 0.556. The van der Waals surface area contributed by atoms with Gasteiger partial charge >= 0.3 is 0 Å². The lowest BCUT2D eigenvalue weighted by molar-refractivity contribution is -0.133. The van der Waals surface area contributed by atoms with Gasteiger partial charge in [-0.2, -0.15) is 0 Å². The second kappa shape index (κ2) is 10.0. The number of carbonyl (C=O) groups is 1. The van der Waals surface area contributed by atoms with Gasteiger partial charge in [0.25, 0.3) is 5.91 Å². The third kappa shape index (κ3) is 5.33. The first-order valence-electron chi connectivity index (χ1n) is 11.6. The zero-order valence-electron chi connectivity index (χ0n) is 19.9. The van der Waals surface area contributed by atoms with Crippen LogP contribution in [0.15, 0.2) is 54.6 Å². The van der Waals surface area contributed by atoms with Crippen LogP contribution in [0.4, 0.5) is 5.82 Å². The number of carbonyl (C=O) groups excluding carboxylic acids is 1. The summed E-state index contributed by atoms with van der Waals surface area (Å²) in [5.41, 5.74) is 4.41. The second-order valence-corrected chi connectivity index (χ2v) is 8.86. The van der Waals surface area contributed by atoms with E-state index >= 15 is 0 Å². The molecule has 0 atom stereocenters. The number of anilines is 1. The minimum absolute atomic E-state index is 0.0157. The Labute approximate surface area is 196 Å². The zero-order valence-corrected chi connectivity index (χ0v) is 19.9. The molecule has 33 heavy (non-hydrogen) atoms. The van der Waals surface area contributed by atoms with Gasteiger partial charge in [-0.1, -0.05) is 55.8 Å². The van der Waals surface area contributed by atoms with Gasteiger partial charge in [-0.25, -0.2) is 9.97 Å². The van der Waals surface area contributed by atoms with E-state index in [1.54, 1.807) is 0 Å². The molecule has 0 aliphatic carbocycles. The molecule has 1 fully saturated rings. The van der Waals surface area contributed by atoms with E-state index in [4.69, 9.17) is 14.7 Å². The summed E-state index contributed by atoms with van der Waals surface area (Å²) >= 11 is 0. The summed E-state index contributed by atoms with van der Waals surface area (Å²) in [4.78, 5) is 26.7. The van der Waals surface area contributed by atoms with E-state index in [0.29, 0.717) is 24.8 Å². The van der Waals surface area contributed by atoms with E-state index in [1.165, 1.54) is 11.1 Å². The molecule has 1 saturated heterocycles. The molecule has 6 nitrogen and oxygen atoms in total. The van der Waals surface area contributed by atoms with E-state index in [9.17, 15) is 4.79 Å². The summed E-state index contributed by atoms with van der Waals surface area (Å²) in [5, 5.41) is 0. The number of nitrogens with zero attached hydrogens (tertiary/aromatic N) is 4. The fourth-order valence-corrected chi connectivity index (χ4v) is 4.32. The van der Waals surface area contributed by atoms with Crippen LogP contribution in [0.2, 0.25) is 0 Å². The van der Waals surface area contributed by atoms with Gasteiger partial charge in [-0.05, 0) is 38.0 Å². The molecule has 3 aromatic rings. The van der Waals surface area contributed by atoms with Crippen molar-refractivity contribution in [3.63, 3.8) is 0 Å². The number of rotatable bonds is 6.